The third kappa shape index (κ3) is 4.81. The van der Waals surface area contributed by atoms with E-state index in [-0.39, 0.29) is 5.38 Å². The van der Waals surface area contributed by atoms with E-state index in [2.05, 4.69) is 16.9 Å². The molecule has 1 rings (SSSR count). The summed E-state index contributed by atoms with van der Waals surface area (Å²) >= 11 is 5.91. The van der Waals surface area contributed by atoms with Crippen LogP contribution in [0.1, 0.15) is 19.0 Å². The maximum atomic E-state index is 5.91. The number of hydrogen-bond donors (Lipinski definition) is 0. The molecule has 0 saturated heterocycles. The van der Waals surface area contributed by atoms with Crippen LogP contribution in [0.5, 0.6) is 5.88 Å². The standard InChI is InChI=1S/C12H19ClN2O/c1-10(13)7-8-15(2)9-11-5-4-6-12(14-11)16-3/h4-6,10H,7-9H2,1-3H3. The molecule has 0 radical (unpaired) electrons. The van der Waals surface area contributed by atoms with Gasteiger partial charge in [-0.05, 0) is 33.0 Å². The average Bonchev–Trinajstić information content (AvgIpc) is 2.26. The fraction of sp³-hybridized carbons (Fsp3) is 0.583. The number of methoxy groups -OCH3 is 1. The van der Waals surface area contributed by atoms with Gasteiger partial charge in [-0.1, -0.05) is 6.07 Å². The summed E-state index contributed by atoms with van der Waals surface area (Å²) in [6.07, 6.45) is 0.988. The van der Waals surface area contributed by atoms with Crippen LogP contribution in [0, 0.1) is 0 Å². The zero-order valence-corrected chi connectivity index (χ0v) is 10.9. The van der Waals surface area contributed by atoms with Gasteiger partial charge in [-0.2, -0.15) is 0 Å². The molecule has 0 bridgehead atoms. The number of nitrogens with zero attached hydrogens (tertiary/aromatic N) is 2. The molecule has 1 atom stereocenters. The van der Waals surface area contributed by atoms with Crippen molar-refractivity contribution in [2.24, 2.45) is 0 Å². The average molecular weight is 243 g/mol. The Morgan fingerprint density at radius 2 is 2.25 bits per heavy atom. The lowest BCUT2D eigenvalue weighted by Gasteiger charge is -2.16. The molecule has 0 aliphatic rings. The molecule has 0 aromatic carbocycles. The summed E-state index contributed by atoms with van der Waals surface area (Å²) in [5, 5.41) is 0.223. The molecule has 4 heteroatoms. The van der Waals surface area contributed by atoms with Crippen LogP contribution in [0.15, 0.2) is 18.2 Å². The number of ether oxygens (including phenoxy) is 1. The van der Waals surface area contributed by atoms with Crippen molar-refractivity contribution in [3.8, 4) is 5.88 Å². The molecular weight excluding hydrogens is 224 g/mol. The molecule has 90 valence electrons. The van der Waals surface area contributed by atoms with Gasteiger partial charge in [-0.15, -0.1) is 11.6 Å². The first-order valence-electron chi connectivity index (χ1n) is 5.44. The van der Waals surface area contributed by atoms with Gasteiger partial charge in [0, 0.05) is 18.0 Å². The fourth-order valence-corrected chi connectivity index (χ4v) is 1.51. The molecule has 3 nitrogen and oxygen atoms in total. The molecule has 0 N–H and O–H groups in total. The minimum absolute atomic E-state index is 0.223. The second-order valence-corrected chi connectivity index (χ2v) is 4.72. The number of aromatic nitrogens is 1. The van der Waals surface area contributed by atoms with Crippen LogP contribution in [-0.2, 0) is 6.54 Å². The predicted octanol–water partition coefficient (Wildman–Crippen LogP) is 2.54. The van der Waals surface area contributed by atoms with Crippen LogP contribution in [0.3, 0.4) is 0 Å². The number of alkyl halides is 1. The highest BCUT2D eigenvalue weighted by molar-refractivity contribution is 6.20. The fourth-order valence-electron chi connectivity index (χ4n) is 1.41. The predicted molar refractivity (Wildman–Crippen MR) is 67.1 cm³/mol. The van der Waals surface area contributed by atoms with Crippen LogP contribution < -0.4 is 4.74 Å². The topological polar surface area (TPSA) is 25.4 Å². The van der Waals surface area contributed by atoms with Crippen molar-refractivity contribution in [2.75, 3.05) is 20.7 Å². The van der Waals surface area contributed by atoms with Crippen molar-refractivity contribution in [3.63, 3.8) is 0 Å². The summed E-state index contributed by atoms with van der Waals surface area (Å²) in [5.74, 6) is 0.664. The molecule has 1 heterocycles. The van der Waals surface area contributed by atoms with Gasteiger partial charge in [-0.3, -0.25) is 0 Å². The second kappa shape index (κ2) is 6.71. The third-order valence-electron chi connectivity index (χ3n) is 2.33. The zero-order valence-electron chi connectivity index (χ0n) is 10.1. The van der Waals surface area contributed by atoms with Crippen molar-refractivity contribution >= 4 is 11.6 Å². The van der Waals surface area contributed by atoms with Gasteiger partial charge in [0.2, 0.25) is 5.88 Å². The van der Waals surface area contributed by atoms with Crippen LogP contribution in [0.2, 0.25) is 0 Å². The maximum Gasteiger partial charge on any atom is 0.213 e. The summed E-state index contributed by atoms with van der Waals surface area (Å²) in [5.41, 5.74) is 1.02. The van der Waals surface area contributed by atoms with Gasteiger partial charge in [0.1, 0.15) is 0 Å². The monoisotopic (exact) mass is 242 g/mol. The lowest BCUT2D eigenvalue weighted by Crippen LogP contribution is -2.21. The smallest absolute Gasteiger partial charge is 0.213 e. The second-order valence-electron chi connectivity index (χ2n) is 3.98. The molecular formula is C12H19ClN2O. The Kier molecular flexibility index (Phi) is 5.56. The SMILES string of the molecule is COc1cccc(CN(C)CCC(C)Cl)n1. The van der Waals surface area contributed by atoms with Crippen molar-refractivity contribution in [1.29, 1.82) is 0 Å². The number of pyridine rings is 1. The molecule has 16 heavy (non-hydrogen) atoms. The molecule has 1 aromatic rings. The van der Waals surface area contributed by atoms with E-state index in [1.165, 1.54) is 0 Å². The summed E-state index contributed by atoms with van der Waals surface area (Å²) in [4.78, 5) is 6.57. The minimum Gasteiger partial charge on any atom is -0.481 e. The van der Waals surface area contributed by atoms with E-state index in [4.69, 9.17) is 16.3 Å². The highest BCUT2D eigenvalue weighted by Crippen LogP contribution is 2.09. The van der Waals surface area contributed by atoms with Crippen molar-refractivity contribution in [3.05, 3.63) is 23.9 Å². The van der Waals surface area contributed by atoms with Gasteiger partial charge in [0.15, 0.2) is 0 Å². The lowest BCUT2D eigenvalue weighted by atomic mass is 10.3. The number of hydrogen-bond acceptors (Lipinski definition) is 3. The van der Waals surface area contributed by atoms with E-state index in [0.29, 0.717) is 5.88 Å². The minimum atomic E-state index is 0.223. The normalized spacial score (nSPS) is 12.8. The van der Waals surface area contributed by atoms with Gasteiger partial charge in [0.05, 0.1) is 12.8 Å². The third-order valence-corrected chi connectivity index (χ3v) is 2.55. The summed E-state index contributed by atoms with van der Waals surface area (Å²) in [6.45, 7) is 3.81. The van der Waals surface area contributed by atoms with Crippen molar-refractivity contribution in [2.45, 2.75) is 25.3 Å². The van der Waals surface area contributed by atoms with Gasteiger partial charge in [0.25, 0.3) is 0 Å². The first-order chi connectivity index (χ1) is 7.61. The first kappa shape index (κ1) is 13.3. The van der Waals surface area contributed by atoms with Crippen LogP contribution in [0.4, 0.5) is 0 Å². The van der Waals surface area contributed by atoms with Crippen LogP contribution in [-0.4, -0.2) is 36.0 Å². The Morgan fingerprint density at radius 1 is 1.50 bits per heavy atom. The first-order valence-corrected chi connectivity index (χ1v) is 5.88. The van der Waals surface area contributed by atoms with E-state index >= 15 is 0 Å². The zero-order chi connectivity index (χ0) is 12.0. The molecule has 0 fully saturated rings. The Morgan fingerprint density at radius 3 is 2.88 bits per heavy atom. The Balaban J connectivity index is 2.45. The lowest BCUT2D eigenvalue weighted by molar-refractivity contribution is 0.315. The molecule has 1 aromatic heterocycles. The van der Waals surface area contributed by atoms with Crippen molar-refractivity contribution < 1.29 is 4.74 Å². The Hall–Kier alpha value is -0.800. The quantitative estimate of drug-likeness (QED) is 0.717. The highest BCUT2D eigenvalue weighted by atomic mass is 35.5. The molecule has 0 saturated carbocycles. The van der Waals surface area contributed by atoms with Gasteiger partial charge in [-0.25, -0.2) is 4.98 Å². The Labute approximate surface area is 102 Å². The molecule has 0 aliphatic heterocycles. The number of halogens is 1. The molecule has 0 aliphatic carbocycles. The summed E-state index contributed by atoms with van der Waals surface area (Å²) in [6, 6.07) is 5.81. The van der Waals surface area contributed by atoms with E-state index in [0.717, 1.165) is 25.2 Å². The molecule has 0 spiro atoms. The van der Waals surface area contributed by atoms with E-state index < -0.39 is 0 Å². The maximum absolute atomic E-state index is 5.91. The molecule has 0 amide bonds. The van der Waals surface area contributed by atoms with E-state index in [1.807, 2.05) is 25.1 Å². The number of rotatable bonds is 6. The Bertz CT molecular complexity index is 318. The van der Waals surface area contributed by atoms with Crippen LogP contribution in [0.25, 0.3) is 0 Å². The van der Waals surface area contributed by atoms with Crippen molar-refractivity contribution in [1.82, 2.24) is 9.88 Å². The summed E-state index contributed by atoms with van der Waals surface area (Å²) in [7, 11) is 3.70. The molecule has 1 unspecified atom stereocenters. The summed E-state index contributed by atoms with van der Waals surface area (Å²) < 4.78 is 5.08. The van der Waals surface area contributed by atoms with Crippen LogP contribution >= 0.6 is 11.6 Å². The van der Waals surface area contributed by atoms with Gasteiger partial charge < -0.3 is 9.64 Å². The largest absolute Gasteiger partial charge is 0.481 e. The van der Waals surface area contributed by atoms with E-state index in [9.17, 15) is 0 Å². The van der Waals surface area contributed by atoms with E-state index in [1.54, 1.807) is 7.11 Å². The highest BCUT2D eigenvalue weighted by Gasteiger charge is 2.04. The van der Waals surface area contributed by atoms with Gasteiger partial charge >= 0.3 is 0 Å².